The van der Waals surface area contributed by atoms with Crippen LogP contribution in [-0.4, -0.2) is 26.9 Å². The lowest BCUT2D eigenvalue weighted by molar-refractivity contribution is 0.0971. The molecule has 104 valence electrons. The van der Waals surface area contributed by atoms with Gasteiger partial charge in [0.05, 0.1) is 0 Å². The second kappa shape index (κ2) is 4.82. The molecule has 0 bridgehead atoms. The third-order valence-corrected chi connectivity index (χ3v) is 4.16. The van der Waals surface area contributed by atoms with Gasteiger partial charge in [-0.3, -0.25) is 14.9 Å². The number of Topliss-reactive ketones (excluding diaryl/α,β-unsaturated/α-hetero) is 1. The Morgan fingerprint density at radius 1 is 1.30 bits per heavy atom. The number of amides is 1. The third-order valence-electron chi connectivity index (χ3n) is 3.41. The number of ketones is 1. The van der Waals surface area contributed by atoms with Gasteiger partial charge in [-0.1, -0.05) is 11.3 Å². The van der Waals surface area contributed by atoms with Gasteiger partial charge >= 0.3 is 0 Å². The maximum Gasteiger partial charge on any atom is 0.274 e. The molecular formula is C13H14N4O2S. The zero-order valence-corrected chi connectivity index (χ0v) is 12.1. The number of aromatic nitrogens is 3. The minimum atomic E-state index is -0.277. The normalized spacial score (nSPS) is 14.2. The first-order valence-corrected chi connectivity index (χ1v) is 7.24. The molecule has 0 unspecified atom stereocenters. The number of anilines is 1. The average Bonchev–Trinajstić information content (AvgIpc) is 2.95. The van der Waals surface area contributed by atoms with Gasteiger partial charge in [-0.25, -0.2) is 0 Å². The lowest BCUT2D eigenvalue weighted by Gasteiger charge is -2.09. The molecule has 1 amide bonds. The summed E-state index contributed by atoms with van der Waals surface area (Å²) < 4.78 is 0. The predicted octanol–water partition coefficient (Wildman–Crippen LogP) is 2.25. The van der Waals surface area contributed by atoms with Crippen molar-refractivity contribution in [3.05, 3.63) is 27.5 Å². The first-order chi connectivity index (χ1) is 9.56. The number of carbonyl (C=O) groups excluding carboxylic acids is 2. The Bertz CT molecular complexity index is 701. The summed E-state index contributed by atoms with van der Waals surface area (Å²) in [5.74, 6) is -0.161. The fourth-order valence-corrected chi connectivity index (χ4v) is 3.09. The van der Waals surface area contributed by atoms with Crippen LogP contribution in [0.3, 0.4) is 0 Å². The van der Waals surface area contributed by atoms with Crippen LogP contribution in [0.5, 0.6) is 0 Å². The van der Waals surface area contributed by atoms with Gasteiger partial charge in [0, 0.05) is 17.7 Å². The fourth-order valence-electron chi connectivity index (χ4n) is 2.51. The molecule has 0 fully saturated rings. The summed E-state index contributed by atoms with van der Waals surface area (Å²) in [6.45, 7) is 3.63. The van der Waals surface area contributed by atoms with Crippen molar-refractivity contribution in [3.63, 3.8) is 0 Å². The Kier molecular flexibility index (Phi) is 3.13. The lowest BCUT2D eigenvalue weighted by Crippen LogP contribution is -2.13. The summed E-state index contributed by atoms with van der Waals surface area (Å²) >= 11 is 1.32. The highest BCUT2D eigenvalue weighted by Gasteiger charge is 2.26. The molecule has 0 aromatic carbocycles. The number of carbonyl (C=O) groups is 2. The van der Waals surface area contributed by atoms with Crippen LogP contribution in [0.4, 0.5) is 5.13 Å². The molecule has 2 N–H and O–H groups in total. The predicted molar refractivity (Wildman–Crippen MR) is 75.4 cm³/mol. The molecule has 1 aliphatic rings. The SMILES string of the molecule is Cc1nnc(NC(=O)c2[nH]c3c(c2C)C(=O)CCC3)s1. The zero-order valence-electron chi connectivity index (χ0n) is 11.2. The van der Waals surface area contributed by atoms with E-state index in [0.29, 0.717) is 22.8 Å². The van der Waals surface area contributed by atoms with E-state index in [-0.39, 0.29) is 11.7 Å². The maximum atomic E-state index is 12.3. The molecule has 0 radical (unpaired) electrons. The zero-order chi connectivity index (χ0) is 14.3. The number of hydrogen-bond donors (Lipinski definition) is 2. The van der Waals surface area contributed by atoms with Crippen molar-refractivity contribution in [1.29, 1.82) is 0 Å². The minimum Gasteiger partial charge on any atom is -0.354 e. The van der Waals surface area contributed by atoms with Crippen LogP contribution in [0.1, 0.15) is 50.0 Å². The van der Waals surface area contributed by atoms with Crippen LogP contribution in [-0.2, 0) is 6.42 Å². The van der Waals surface area contributed by atoms with E-state index >= 15 is 0 Å². The Hall–Kier alpha value is -2.02. The number of rotatable bonds is 2. The van der Waals surface area contributed by atoms with Gasteiger partial charge in [0.2, 0.25) is 5.13 Å². The van der Waals surface area contributed by atoms with Crippen molar-refractivity contribution >= 4 is 28.2 Å². The summed E-state index contributed by atoms with van der Waals surface area (Å²) in [6.07, 6.45) is 2.21. The first-order valence-electron chi connectivity index (χ1n) is 6.42. The molecule has 20 heavy (non-hydrogen) atoms. The molecule has 2 heterocycles. The highest BCUT2D eigenvalue weighted by molar-refractivity contribution is 7.15. The lowest BCUT2D eigenvalue weighted by atomic mass is 9.94. The molecule has 6 nitrogen and oxygen atoms in total. The Morgan fingerprint density at radius 3 is 2.75 bits per heavy atom. The quantitative estimate of drug-likeness (QED) is 0.888. The van der Waals surface area contributed by atoms with E-state index < -0.39 is 0 Å². The van der Waals surface area contributed by atoms with E-state index in [2.05, 4.69) is 20.5 Å². The molecule has 2 aromatic rings. The van der Waals surface area contributed by atoms with Gasteiger partial charge in [-0.2, -0.15) is 0 Å². The third kappa shape index (κ3) is 2.14. The summed E-state index contributed by atoms with van der Waals surface area (Å²) in [5, 5.41) is 11.7. The fraction of sp³-hybridized carbons (Fsp3) is 0.385. The van der Waals surface area contributed by atoms with Crippen LogP contribution >= 0.6 is 11.3 Å². The van der Waals surface area contributed by atoms with Crippen molar-refractivity contribution in [3.8, 4) is 0 Å². The number of nitrogens with zero attached hydrogens (tertiary/aromatic N) is 2. The van der Waals surface area contributed by atoms with Crippen molar-refractivity contribution < 1.29 is 9.59 Å². The van der Waals surface area contributed by atoms with Gasteiger partial charge in [-0.15, -0.1) is 10.2 Å². The summed E-state index contributed by atoms with van der Waals surface area (Å²) in [6, 6.07) is 0. The number of aromatic amines is 1. The van der Waals surface area contributed by atoms with Crippen molar-refractivity contribution in [2.45, 2.75) is 33.1 Å². The average molecular weight is 290 g/mol. The number of H-pyrrole nitrogens is 1. The summed E-state index contributed by atoms with van der Waals surface area (Å²) in [7, 11) is 0. The smallest absolute Gasteiger partial charge is 0.274 e. The van der Waals surface area contributed by atoms with E-state index in [1.54, 1.807) is 6.92 Å². The summed E-state index contributed by atoms with van der Waals surface area (Å²) in [4.78, 5) is 27.3. The topological polar surface area (TPSA) is 87.7 Å². The molecule has 2 aromatic heterocycles. The molecule has 3 rings (SSSR count). The highest BCUT2D eigenvalue weighted by Crippen LogP contribution is 2.27. The standard InChI is InChI=1S/C13H14N4O2S/c1-6-10-8(4-3-5-9(10)18)14-11(6)12(19)15-13-17-16-7(2)20-13/h14H,3-5H2,1-2H3,(H,15,17,19). The largest absolute Gasteiger partial charge is 0.354 e. The van der Waals surface area contributed by atoms with Crippen molar-refractivity contribution in [1.82, 2.24) is 15.2 Å². The van der Waals surface area contributed by atoms with E-state index in [0.717, 1.165) is 29.1 Å². The minimum absolute atomic E-state index is 0.116. The monoisotopic (exact) mass is 290 g/mol. The number of fused-ring (bicyclic) bond motifs is 1. The van der Waals surface area contributed by atoms with Crippen LogP contribution in [0, 0.1) is 13.8 Å². The number of hydrogen-bond acceptors (Lipinski definition) is 5. The van der Waals surface area contributed by atoms with E-state index in [1.165, 1.54) is 11.3 Å². The molecule has 0 saturated carbocycles. The van der Waals surface area contributed by atoms with Crippen LogP contribution < -0.4 is 5.32 Å². The van der Waals surface area contributed by atoms with Crippen LogP contribution in [0.2, 0.25) is 0 Å². The second-order valence-corrected chi connectivity index (χ2v) is 6.02. The van der Waals surface area contributed by atoms with Gasteiger partial charge < -0.3 is 4.98 Å². The van der Waals surface area contributed by atoms with Crippen LogP contribution in [0.25, 0.3) is 0 Å². The molecule has 7 heteroatoms. The maximum absolute atomic E-state index is 12.3. The van der Waals surface area contributed by atoms with E-state index in [1.807, 2.05) is 6.92 Å². The van der Waals surface area contributed by atoms with Gasteiger partial charge in [0.25, 0.3) is 5.91 Å². The molecule has 0 spiro atoms. The summed E-state index contributed by atoms with van der Waals surface area (Å²) in [5.41, 5.74) is 2.73. The number of nitrogens with one attached hydrogen (secondary N) is 2. The molecule has 0 atom stereocenters. The molecule has 0 aliphatic heterocycles. The molecule has 1 aliphatic carbocycles. The van der Waals surface area contributed by atoms with Crippen LogP contribution in [0.15, 0.2) is 0 Å². The molecule has 0 saturated heterocycles. The van der Waals surface area contributed by atoms with Crippen molar-refractivity contribution in [2.24, 2.45) is 0 Å². The highest BCUT2D eigenvalue weighted by atomic mass is 32.1. The molecular weight excluding hydrogens is 276 g/mol. The Labute approximate surface area is 119 Å². The van der Waals surface area contributed by atoms with Gasteiger partial charge in [-0.05, 0) is 32.3 Å². The first kappa shape index (κ1) is 13.0. The number of aryl methyl sites for hydroxylation is 2. The second-order valence-electron chi connectivity index (χ2n) is 4.84. The Morgan fingerprint density at radius 2 is 2.10 bits per heavy atom. The van der Waals surface area contributed by atoms with E-state index in [4.69, 9.17) is 0 Å². The van der Waals surface area contributed by atoms with Gasteiger partial charge in [0.15, 0.2) is 5.78 Å². The van der Waals surface area contributed by atoms with Crippen molar-refractivity contribution in [2.75, 3.05) is 5.32 Å². The Balaban J connectivity index is 1.90. The van der Waals surface area contributed by atoms with E-state index in [9.17, 15) is 9.59 Å². The van der Waals surface area contributed by atoms with Gasteiger partial charge in [0.1, 0.15) is 10.7 Å².